The summed E-state index contributed by atoms with van der Waals surface area (Å²) in [6, 6.07) is 25.8. The van der Waals surface area contributed by atoms with Gasteiger partial charge in [0, 0.05) is 0 Å². The fourth-order valence-corrected chi connectivity index (χ4v) is 3.40. The van der Waals surface area contributed by atoms with Crippen molar-refractivity contribution in [3.05, 3.63) is 108 Å². The Kier molecular flexibility index (Phi) is 7.83. The largest absolute Gasteiger partial charge is 0.482 e. The summed E-state index contributed by atoms with van der Waals surface area (Å²) in [5.41, 5.74) is -0.456. The van der Waals surface area contributed by atoms with Gasteiger partial charge in [0.1, 0.15) is 5.75 Å². The van der Waals surface area contributed by atoms with Gasteiger partial charge < -0.3 is 9.47 Å². The van der Waals surface area contributed by atoms with Crippen molar-refractivity contribution >= 4 is 34.6 Å². The van der Waals surface area contributed by atoms with Crippen molar-refractivity contribution in [2.45, 2.75) is 6.18 Å². The van der Waals surface area contributed by atoms with E-state index in [2.05, 4.69) is 5.10 Å². The first-order valence-electron chi connectivity index (χ1n) is 11.2. The second-order valence-corrected chi connectivity index (χ2v) is 7.87. The summed E-state index contributed by atoms with van der Waals surface area (Å²) >= 11 is 0. The second kappa shape index (κ2) is 11.4. The van der Waals surface area contributed by atoms with Gasteiger partial charge in [-0.2, -0.15) is 23.3 Å². The predicted octanol–water partition coefficient (Wildman–Crippen LogP) is 5.85. The number of halogens is 3. The number of anilines is 1. The van der Waals surface area contributed by atoms with Crippen LogP contribution in [0, 0.1) is 0 Å². The van der Waals surface area contributed by atoms with E-state index in [0.717, 1.165) is 27.9 Å². The van der Waals surface area contributed by atoms with Crippen LogP contribution in [-0.4, -0.2) is 31.3 Å². The lowest BCUT2D eigenvalue weighted by Gasteiger charge is -2.18. The van der Waals surface area contributed by atoms with Crippen LogP contribution in [0.1, 0.15) is 11.1 Å². The zero-order chi connectivity index (χ0) is 26.3. The third kappa shape index (κ3) is 6.94. The third-order valence-electron chi connectivity index (χ3n) is 5.21. The van der Waals surface area contributed by atoms with Crippen molar-refractivity contribution in [2.75, 3.05) is 18.2 Å². The number of hydrogen-bond donors (Lipinski definition) is 0. The molecule has 37 heavy (non-hydrogen) atoms. The molecule has 0 heterocycles. The van der Waals surface area contributed by atoms with Gasteiger partial charge in [-0.1, -0.05) is 66.7 Å². The first-order valence-corrected chi connectivity index (χ1v) is 11.2. The van der Waals surface area contributed by atoms with Crippen molar-refractivity contribution < 1.29 is 32.2 Å². The Balaban J connectivity index is 1.43. The highest BCUT2D eigenvalue weighted by Gasteiger charge is 2.31. The molecule has 0 N–H and O–H groups in total. The van der Waals surface area contributed by atoms with Crippen LogP contribution in [0.15, 0.2) is 102 Å². The minimum atomic E-state index is -4.61. The van der Waals surface area contributed by atoms with Crippen molar-refractivity contribution in [2.24, 2.45) is 5.10 Å². The molecule has 9 heteroatoms. The van der Waals surface area contributed by atoms with Gasteiger partial charge in [0.05, 0.1) is 17.5 Å². The fraction of sp³-hybridized carbons (Fsp3) is 0.107. The van der Waals surface area contributed by atoms with Crippen LogP contribution in [0.5, 0.6) is 5.75 Å². The number of amides is 1. The molecule has 1 amide bonds. The Morgan fingerprint density at radius 1 is 0.811 bits per heavy atom. The molecule has 0 aliphatic rings. The highest BCUT2D eigenvalue weighted by molar-refractivity contribution is 5.97. The number of hydrogen-bond acceptors (Lipinski definition) is 5. The predicted molar refractivity (Wildman–Crippen MR) is 133 cm³/mol. The molecule has 0 bridgehead atoms. The van der Waals surface area contributed by atoms with Gasteiger partial charge >= 0.3 is 12.1 Å². The molecule has 4 rings (SSSR count). The van der Waals surface area contributed by atoms with Crippen LogP contribution in [0.25, 0.3) is 10.8 Å². The van der Waals surface area contributed by atoms with E-state index in [4.69, 9.17) is 9.47 Å². The number of ether oxygens (including phenoxy) is 2. The van der Waals surface area contributed by atoms with E-state index in [1.807, 2.05) is 30.3 Å². The van der Waals surface area contributed by atoms with Crippen LogP contribution in [0.4, 0.5) is 18.9 Å². The summed E-state index contributed by atoms with van der Waals surface area (Å²) in [6.45, 7) is -1.20. The van der Waals surface area contributed by atoms with Crippen molar-refractivity contribution in [3.8, 4) is 5.75 Å². The number of carbonyl (C=O) groups excluding carboxylic acids is 2. The molecule has 0 atom stereocenters. The zero-order valence-electron chi connectivity index (χ0n) is 19.4. The van der Waals surface area contributed by atoms with Gasteiger partial charge in [0.25, 0.3) is 5.91 Å². The van der Waals surface area contributed by atoms with Gasteiger partial charge in [-0.25, -0.2) is 4.79 Å². The molecule has 0 radical (unpaired) electrons. The monoisotopic (exact) mass is 506 g/mol. The minimum absolute atomic E-state index is 0.129. The summed E-state index contributed by atoms with van der Waals surface area (Å²) in [7, 11) is 0. The molecule has 0 fully saturated rings. The molecule has 188 valence electrons. The Bertz CT molecular complexity index is 1420. The Morgan fingerprint density at radius 2 is 1.54 bits per heavy atom. The van der Waals surface area contributed by atoms with Crippen LogP contribution in [0.3, 0.4) is 0 Å². The normalized spacial score (nSPS) is 11.4. The SMILES string of the molecule is O=C(COc1ccc2ccccc2c1)OCC(=O)N(/N=C\c1ccccc1)c1cccc(C(F)(F)F)c1. The molecule has 0 saturated carbocycles. The van der Waals surface area contributed by atoms with E-state index in [1.165, 1.54) is 18.3 Å². The lowest BCUT2D eigenvalue weighted by molar-refractivity contribution is -0.149. The van der Waals surface area contributed by atoms with E-state index in [0.29, 0.717) is 11.3 Å². The number of alkyl halides is 3. The van der Waals surface area contributed by atoms with E-state index < -0.39 is 36.8 Å². The average molecular weight is 506 g/mol. The standard InChI is InChI=1S/C28H21F3N2O4/c29-28(30,31)23-11-6-12-24(16-23)33(32-17-20-7-2-1-3-8-20)26(34)18-37-27(35)19-36-25-14-13-21-9-4-5-10-22(21)15-25/h1-17H,18-19H2/b32-17-. The van der Waals surface area contributed by atoms with E-state index >= 15 is 0 Å². The van der Waals surface area contributed by atoms with Crippen molar-refractivity contribution in [1.82, 2.24) is 0 Å². The lowest BCUT2D eigenvalue weighted by atomic mass is 10.1. The molecular formula is C28H21F3N2O4. The molecule has 0 spiro atoms. The quantitative estimate of drug-likeness (QED) is 0.171. The Labute approximate surface area is 210 Å². The molecule has 4 aromatic carbocycles. The van der Waals surface area contributed by atoms with E-state index in [-0.39, 0.29) is 5.69 Å². The highest BCUT2D eigenvalue weighted by Crippen LogP contribution is 2.32. The smallest absolute Gasteiger partial charge is 0.416 e. The van der Waals surface area contributed by atoms with Crippen molar-refractivity contribution in [1.29, 1.82) is 0 Å². The summed E-state index contributed by atoms with van der Waals surface area (Å²) in [4.78, 5) is 25.1. The molecule has 4 aromatic rings. The maximum Gasteiger partial charge on any atom is 0.416 e. The zero-order valence-corrected chi connectivity index (χ0v) is 19.4. The maximum absolute atomic E-state index is 13.2. The Hall–Kier alpha value is -4.66. The first kappa shape index (κ1) is 25.4. The summed E-state index contributed by atoms with van der Waals surface area (Å²) in [5, 5.41) is 6.76. The first-order chi connectivity index (χ1) is 17.8. The number of nitrogens with zero attached hydrogens (tertiary/aromatic N) is 2. The molecule has 0 aliphatic carbocycles. The van der Waals surface area contributed by atoms with Crippen molar-refractivity contribution in [3.63, 3.8) is 0 Å². The maximum atomic E-state index is 13.2. The molecule has 0 saturated heterocycles. The number of rotatable bonds is 8. The Morgan fingerprint density at radius 3 is 2.30 bits per heavy atom. The number of hydrazone groups is 1. The molecule has 0 aliphatic heterocycles. The van der Waals surface area contributed by atoms with Crippen LogP contribution in [0.2, 0.25) is 0 Å². The lowest BCUT2D eigenvalue weighted by Crippen LogP contribution is -2.31. The molecule has 6 nitrogen and oxygen atoms in total. The van der Waals surface area contributed by atoms with Gasteiger partial charge in [-0.3, -0.25) is 4.79 Å². The molecule has 0 aromatic heterocycles. The minimum Gasteiger partial charge on any atom is -0.482 e. The average Bonchev–Trinajstić information content (AvgIpc) is 2.91. The van der Waals surface area contributed by atoms with Gasteiger partial charge in [0.2, 0.25) is 0 Å². The van der Waals surface area contributed by atoms with Gasteiger partial charge in [-0.05, 0) is 46.7 Å². The van der Waals surface area contributed by atoms with E-state index in [1.54, 1.807) is 42.5 Å². The highest BCUT2D eigenvalue weighted by atomic mass is 19.4. The van der Waals surface area contributed by atoms with Gasteiger partial charge in [-0.15, -0.1) is 0 Å². The second-order valence-electron chi connectivity index (χ2n) is 7.87. The number of carbonyl (C=O) groups is 2. The van der Waals surface area contributed by atoms with Crippen LogP contribution < -0.4 is 9.75 Å². The molecular weight excluding hydrogens is 485 g/mol. The molecule has 0 unspecified atom stereocenters. The topological polar surface area (TPSA) is 68.2 Å². The van der Waals surface area contributed by atoms with Crippen LogP contribution in [-0.2, 0) is 20.5 Å². The number of fused-ring (bicyclic) bond motifs is 1. The third-order valence-corrected chi connectivity index (χ3v) is 5.21. The van der Waals surface area contributed by atoms with Crippen LogP contribution >= 0.6 is 0 Å². The van der Waals surface area contributed by atoms with Gasteiger partial charge in [0.15, 0.2) is 13.2 Å². The number of benzene rings is 4. The summed E-state index contributed by atoms with van der Waals surface area (Å²) in [5.74, 6) is -1.22. The van der Waals surface area contributed by atoms with E-state index in [9.17, 15) is 22.8 Å². The fourth-order valence-electron chi connectivity index (χ4n) is 3.40. The number of esters is 1. The summed E-state index contributed by atoms with van der Waals surface area (Å²) in [6.07, 6.45) is -3.29. The summed E-state index contributed by atoms with van der Waals surface area (Å²) < 4.78 is 50.1.